The number of aromatic nitrogens is 4. The molecule has 120 valence electrons. The first-order valence-corrected chi connectivity index (χ1v) is 8.06. The predicted molar refractivity (Wildman–Crippen MR) is 84.7 cm³/mol. The number of aliphatic hydroxyl groups is 1. The van der Waals surface area contributed by atoms with E-state index < -0.39 is 0 Å². The van der Waals surface area contributed by atoms with Crippen molar-refractivity contribution in [3.8, 4) is 0 Å². The highest BCUT2D eigenvalue weighted by molar-refractivity contribution is 5.24. The van der Waals surface area contributed by atoms with Crippen LogP contribution in [0.4, 0.5) is 0 Å². The Balaban J connectivity index is 1.60. The Kier molecular flexibility index (Phi) is 4.59. The first-order valence-electron chi connectivity index (χ1n) is 8.06. The Morgan fingerprint density at radius 1 is 1.41 bits per heavy atom. The number of imidazole rings is 1. The topological polar surface area (TPSA) is 67.9 Å². The molecule has 0 aromatic carbocycles. The maximum atomic E-state index is 9.08. The highest BCUT2D eigenvalue weighted by Crippen LogP contribution is 2.25. The third kappa shape index (κ3) is 2.94. The molecule has 0 radical (unpaired) electrons. The smallest absolute Gasteiger partial charge is 0.113 e. The van der Waals surface area contributed by atoms with Crippen molar-refractivity contribution >= 4 is 0 Å². The normalized spacial score (nSPS) is 17.7. The van der Waals surface area contributed by atoms with Crippen LogP contribution in [0.3, 0.4) is 0 Å². The molecule has 6 nitrogen and oxygen atoms in total. The van der Waals surface area contributed by atoms with Crippen LogP contribution in [0.15, 0.2) is 12.4 Å². The lowest BCUT2D eigenvalue weighted by atomic mass is 9.99. The van der Waals surface area contributed by atoms with Crippen LogP contribution in [-0.4, -0.2) is 37.6 Å². The van der Waals surface area contributed by atoms with Crippen LogP contribution >= 0.6 is 0 Å². The van der Waals surface area contributed by atoms with Gasteiger partial charge in [-0.1, -0.05) is 0 Å². The monoisotopic (exact) mass is 303 g/mol. The van der Waals surface area contributed by atoms with Crippen molar-refractivity contribution in [1.82, 2.24) is 24.6 Å². The lowest BCUT2D eigenvalue weighted by molar-refractivity contribution is 0.267. The second-order valence-corrected chi connectivity index (χ2v) is 6.05. The fraction of sp³-hybridized carbons (Fsp3) is 0.625. The van der Waals surface area contributed by atoms with Gasteiger partial charge in [0.1, 0.15) is 5.82 Å². The van der Waals surface area contributed by atoms with E-state index in [1.54, 1.807) is 0 Å². The number of aliphatic hydroxyl groups excluding tert-OH is 1. The van der Waals surface area contributed by atoms with Crippen LogP contribution < -0.4 is 5.32 Å². The molecular formula is C16H25N5O. The van der Waals surface area contributed by atoms with Crippen molar-refractivity contribution in [2.24, 2.45) is 0 Å². The summed E-state index contributed by atoms with van der Waals surface area (Å²) in [5.41, 5.74) is 3.43. The summed E-state index contributed by atoms with van der Waals surface area (Å²) in [7, 11) is 0. The molecule has 0 saturated heterocycles. The molecule has 3 heterocycles. The second kappa shape index (κ2) is 6.62. The average molecular weight is 303 g/mol. The van der Waals surface area contributed by atoms with E-state index in [1.807, 2.05) is 17.8 Å². The zero-order valence-electron chi connectivity index (χ0n) is 13.4. The van der Waals surface area contributed by atoms with Crippen molar-refractivity contribution in [2.75, 3.05) is 13.2 Å². The molecule has 0 aliphatic carbocycles. The molecule has 1 unspecified atom stereocenters. The van der Waals surface area contributed by atoms with Gasteiger partial charge in [0, 0.05) is 49.2 Å². The summed E-state index contributed by atoms with van der Waals surface area (Å²) in [5.74, 6) is 1.71. The molecular weight excluding hydrogens is 278 g/mol. The quantitative estimate of drug-likeness (QED) is 0.845. The van der Waals surface area contributed by atoms with Gasteiger partial charge in [-0.05, 0) is 26.7 Å². The van der Waals surface area contributed by atoms with Gasteiger partial charge in [0.2, 0.25) is 0 Å². The molecule has 1 atom stereocenters. The minimum absolute atomic E-state index is 0.125. The molecule has 3 rings (SSSR count). The third-order valence-electron chi connectivity index (χ3n) is 4.60. The van der Waals surface area contributed by atoms with Gasteiger partial charge in [0.15, 0.2) is 0 Å². The van der Waals surface area contributed by atoms with Gasteiger partial charge in [-0.3, -0.25) is 4.68 Å². The van der Waals surface area contributed by atoms with E-state index in [9.17, 15) is 0 Å². The minimum Gasteiger partial charge on any atom is -0.394 e. The molecule has 22 heavy (non-hydrogen) atoms. The minimum atomic E-state index is 0.125. The maximum Gasteiger partial charge on any atom is 0.113 e. The van der Waals surface area contributed by atoms with Crippen LogP contribution in [0.1, 0.15) is 41.5 Å². The number of fused-ring (bicyclic) bond motifs is 1. The van der Waals surface area contributed by atoms with E-state index in [4.69, 9.17) is 5.11 Å². The fourth-order valence-corrected chi connectivity index (χ4v) is 3.37. The predicted octanol–water partition coefficient (Wildman–Crippen LogP) is 1.36. The highest BCUT2D eigenvalue weighted by atomic mass is 16.3. The molecule has 1 aliphatic rings. The highest BCUT2D eigenvalue weighted by Gasteiger charge is 2.21. The summed E-state index contributed by atoms with van der Waals surface area (Å²) in [6, 6.07) is 0. The maximum absolute atomic E-state index is 9.08. The third-order valence-corrected chi connectivity index (χ3v) is 4.60. The number of hydrogen-bond donors (Lipinski definition) is 2. The van der Waals surface area contributed by atoms with Crippen molar-refractivity contribution in [3.63, 3.8) is 0 Å². The zero-order chi connectivity index (χ0) is 15.5. The van der Waals surface area contributed by atoms with Crippen molar-refractivity contribution in [1.29, 1.82) is 0 Å². The summed E-state index contributed by atoms with van der Waals surface area (Å²) in [5, 5.41) is 17.1. The molecule has 0 saturated carbocycles. The van der Waals surface area contributed by atoms with Gasteiger partial charge in [0.05, 0.1) is 18.8 Å². The number of rotatable bonds is 6. The molecule has 0 fully saturated rings. The fourth-order valence-electron chi connectivity index (χ4n) is 3.37. The van der Waals surface area contributed by atoms with Crippen LogP contribution in [0.2, 0.25) is 0 Å². The van der Waals surface area contributed by atoms with Crippen molar-refractivity contribution in [2.45, 2.75) is 52.2 Å². The van der Waals surface area contributed by atoms with Gasteiger partial charge >= 0.3 is 0 Å². The number of hydrogen-bond acceptors (Lipinski definition) is 4. The Labute approximate surface area is 131 Å². The van der Waals surface area contributed by atoms with E-state index in [2.05, 4.69) is 33.1 Å². The van der Waals surface area contributed by atoms with Crippen LogP contribution in [-0.2, 0) is 19.6 Å². The van der Waals surface area contributed by atoms with Gasteiger partial charge in [-0.25, -0.2) is 4.98 Å². The summed E-state index contributed by atoms with van der Waals surface area (Å²) in [4.78, 5) is 4.51. The Bertz CT molecular complexity index is 631. The lowest BCUT2D eigenvalue weighted by Gasteiger charge is -2.23. The Hall–Kier alpha value is -1.66. The molecule has 2 aromatic rings. The van der Waals surface area contributed by atoms with Gasteiger partial charge < -0.3 is 15.0 Å². The van der Waals surface area contributed by atoms with E-state index >= 15 is 0 Å². The molecule has 2 N–H and O–H groups in total. The molecule has 0 amide bonds. The average Bonchev–Trinajstić information content (AvgIpc) is 3.08. The molecule has 0 bridgehead atoms. The first kappa shape index (κ1) is 15.2. The number of nitrogens with one attached hydrogen (secondary N) is 1. The standard InChI is InChI=1S/C16H25N5O/c1-12-15(13(2)21(19-12)8-9-22)11-17-10-14-4-3-6-20-7-5-18-16(14)20/h5,7,14,17,22H,3-4,6,8-11H2,1-2H3. The van der Waals surface area contributed by atoms with E-state index in [-0.39, 0.29) is 6.61 Å². The van der Waals surface area contributed by atoms with Gasteiger partial charge in [-0.2, -0.15) is 5.10 Å². The Morgan fingerprint density at radius 2 is 2.27 bits per heavy atom. The summed E-state index contributed by atoms with van der Waals surface area (Å²) >= 11 is 0. The molecule has 2 aromatic heterocycles. The van der Waals surface area contributed by atoms with Crippen LogP contribution in [0, 0.1) is 13.8 Å². The molecule has 0 spiro atoms. The summed E-state index contributed by atoms with van der Waals surface area (Å²) in [6.07, 6.45) is 6.41. The lowest BCUT2D eigenvalue weighted by Crippen LogP contribution is -2.26. The molecule has 1 aliphatic heterocycles. The second-order valence-electron chi connectivity index (χ2n) is 6.05. The zero-order valence-corrected chi connectivity index (χ0v) is 13.4. The van der Waals surface area contributed by atoms with Crippen LogP contribution in [0.25, 0.3) is 0 Å². The SMILES string of the molecule is Cc1nn(CCO)c(C)c1CNCC1CCCn2ccnc21. The van der Waals surface area contributed by atoms with Crippen molar-refractivity contribution in [3.05, 3.63) is 35.2 Å². The van der Waals surface area contributed by atoms with Crippen molar-refractivity contribution < 1.29 is 5.11 Å². The van der Waals surface area contributed by atoms with Gasteiger partial charge in [0.25, 0.3) is 0 Å². The Morgan fingerprint density at radius 3 is 3.09 bits per heavy atom. The van der Waals surface area contributed by atoms with E-state index in [0.717, 1.165) is 31.0 Å². The number of aryl methyl sites for hydroxylation is 2. The van der Waals surface area contributed by atoms with Crippen LogP contribution in [0.5, 0.6) is 0 Å². The van der Waals surface area contributed by atoms with E-state index in [0.29, 0.717) is 12.5 Å². The van der Waals surface area contributed by atoms with Gasteiger partial charge in [-0.15, -0.1) is 0 Å². The summed E-state index contributed by atoms with van der Waals surface area (Å²) in [6.45, 7) is 7.65. The first-order chi connectivity index (χ1) is 10.7. The largest absolute Gasteiger partial charge is 0.394 e. The van der Waals surface area contributed by atoms with E-state index in [1.165, 1.54) is 24.2 Å². The number of nitrogens with zero attached hydrogens (tertiary/aromatic N) is 4. The molecule has 6 heteroatoms. The summed E-state index contributed by atoms with van der Waals surface area (Å²) < 4.78 is 4.16.